The summed E-state index contributed by atoms with van der Waals surface area (Å²) in [6.45, 7) is 0. The molecule has 1 heteroatoms. The largest absolute Gasteiger partial charge is 0.456 e. The molecule has 11 rings (SSSR count). The Morgan fingerprint density at radius 1 is 0.265 bits per heavy atom. The van der Waals surface area contributed by atoms with Gasteiger partial charge in [0.15, 0.2) is 0 Å². The van der Waals surface area contributed by atoms with Gasteiger partial charge in [-0.15, -0.1) is 0 Å². The van der Waals surface area contributed by atoms with Gasteiger partial charge in [-0.25, -0.2) is 0 Å². The van der Waals surface area contributed by atoms with Crippen molar-refractivity contribution in [1.82, 2.24) is 0 Å². The van der Waals surface area contributed by atoms with Crippen LogP contribution in [0, 0.1) is 0 Å². The predicted octanol–water partition coefficient (Wildman–Crippen LogP) is 13.7. The average molecular weight is 621 g/mol. The van der Waals surface area contributed by atoms with Crippen LogP contribution in [0.2, 0.25) is 0 Å². The molecular weight excluding hydrogens is 593 g/mol. The lowest BCUT2D eigenvalue weighted by atomic mass is 9.82. The molecule has 10 aromatic carbocycles. The molecule has 1 aliphatic rings. The Bertz CT molecular complexity index is 2960. The van der Waals surface area contributed by atoms with E-state index in [0.717, 1.165) is 17.1 Å². The Morgan fingerprint density at radius 2 is 0.796 bits per heavy atom. The normalized spacial score (nSPS) is 12.2. The van der Waals surface area contributed by atoms with Gasteiger partial charge in [-0.2, -0.15) is 0 Å². The Hall–Kier alpha value is -6.44. The highest BCUT2D eigenvalue weighted by atomic mass is 16.5. The van der Waals surface area contributed by atoms with E-state index in [1.54, 1.807) is 0 Å². The Morgan fingerprint density at radius 3 is 1.55 bits per heavy atom. The molecule has 226 valence electrons. The Labute approximate surface area is 283 Å². The third-order valence-corrected chi connectivity index (χ3v) is 10.6. The molecule has 0 radical (unpaired) electrons. The number of para-hydroxylation sites is 1. The summed E-state index contributed by atoms with van der Waals surface area (Å²) in [7, 11) is 0. The first kappa shape index (κ1) is 26.6. The van der Waals surface area contributed by atoms with Crippen molar-refractivity contribution in [2.75, 3.05) is 0 Å². The molecule has 49 heavy (non-hydrogen) atoms. The van der Waals surface area contributed by atoms with Crippen LogP contribution >= 0.6 is 0 Å². The van der Waals surface area contributed by atoms with Gasteiger partial charge in [0.25, 0.3) is 0 Å². The Balaban J connectivity index is 1.29. The maximum Gasteiger partial charge on any atom is 0.135 e. The van der Waals surface area contributed by atoms with E-state index in [0.29, 0.717) is 0 Å². The predicted molar refractivity (Wildman–Crippen MR) is 208 cm³/mol. The summed E-state index contributed by atoms with van der Waals surface area (Å²) in [5.41, 5.74) is 7.38. The van der Waals surface area contributed by atoms with Gasteiger partial charge in [0.1, 0.15) is 11.5 Å². The zero-order chi connectivity index (χ0) is 32.1. The zero-order valence-corrected chi connectivity index (χ0v) is 26.6. The third kappa shape index (κ3) is 3.70. The van der Waals surface area contributed by atoms with Gasteiger partial charge >= 0.3 is 0 Å². The van der Waals surface area contributed by atoms with Gasteiger partial charge in [0.2, 0.25) is 0 Å². The summed E-state index contributed by atoms with van der Waals surface area (Å²) >= 11 is 0. The topological polar surface area (TPSA) is 9.23 Å². The summed E-state index contributed by atoms with van der Waals surface area (Å²) in [6.07, 6.45) is 0. The molecule has 1 heterocycles. The summed E-state index contributed by atoms with van der Waals surface area (Å²) in [4.78, 5) is 0. The number of ether oxygens (including phenoxy) is 1. The fourth-order valence-electron chi connectivity index (χ4n) is 8.57. The lowest BCUT2D eigenvalue weighted by Crippen LogP contribution is -1.98. The molecule has 0 unspecified atom stereocenters. The fraction of sp³-hybridized carbons (Fsp3) is 0. The third-order valence-electron chi connectivity index (χ3n) is 10.6. The number of hydrogen-bond acceptors (Lipinski definition) is 1. The zero-order valence-electron chi connectivity index (χ0n) is 26.6. The van der Waals surface area contributed by atoms with Gasteiger partial charge in [-0.1, -0.05) is 152 Å². The molecule has 0 fully saturated rings. The van der Waals surface area contributed by atoms with Crippen molar-refractivity contribution in [3.8, 4) is 44.9 Å². The SMILES string of the molecule is c1ccc2c(c1)Oc1cccc3c(-c4c5ccccc5c(-c5cc6c7ccccc7ccc6c6ccccc56)c5ccccc45)ccc-2c13. The molecule has 0 spiro atoms. The van der Waals surface area contributed by atoms with E-state index in [2.05, 4.69) is 164 Å². The molecule has 10 aromatic rings. The van der Waals surface area contributed by atoms with Gasteiger partial charge in [0.05, 0.1) is 0 Å². The smallest absolute Gasteiger partial charge is 0.135 e. The van der Waals surface area contributed by atoms with E-state index in [9.17, 15) is 0 Å². The molecule has 0 atom stereocenters. The molecular formula is C48H28O. The van der Waals surface area contributed by atoms with Crippen LogP contribution in [-0.4, -0.2) is 0 Å². The summed E-state index contributed by atoms with van der Waals surface area (Å²) in [6, 6.07) is 62.1. The molecule has 1 nitrogen and oxygen atoms in total. The number of fused-ring (bicyclic) bond motifs is 9. The average Bonchev–Trinajstić information content (AvgIpc) is 3.17. The molecule has 0 N–H and O–H groups in total. The summed E-state index contributed by atoms with van der Waals surface area (Å²) < 4.78 is 6.50. The van der Waals surface area contributed by atoms with Crippen LogP contribution in [0.15, 0.2) is 170 Å². The summed E-state index contributed by atoms with van der Waals surface area (Å²) in [5, 5.41) is 15.0. The minimum absolute atomic E-state index is 0.908. The first-order valence-corrected chi connectivity index (χ1v) is 16.9. The van der Waals surface area contributed by atoms with E-state index in [1.165, 1.54) is 92.5 Å². The van der Waals surface area contributed by atoms with Gasteiger partial charge < -0.3 is 4.74 Å². The molecule has 0 bridgehead atoms. The van der Waals surface area contributed by atoms with Crippen LogP contribution in [0.25, 0.3) is 98.0 Å². The van der Waals surface area contributed by atoms with E-state index in [1.807, 2.05) is 6.07 Å². The minimum atomic E-state index is 0.908. The van der Waals surface area contributed by atoms with Crippen LogP contribution in [0.5, 0.6) is 11.5 Å². The van der Waals surface area contributed by atoms with Crippen LogP contribution in [0.3, 0.4) is 0 Å². The van der Waals surface area contributed by atoms with Crippen molar-refractivity contribution in [2.45, 2.75) is 0 Å². The van der Waals surface area contributed by atoms with Crippen LogP contribution in [-0.2, 0) is 0 Å². The highest BCUT2D eigenvalue weighted by Gasteiger charge is 2.24. The standard InChI is InChI=1S/C48H28O/c1-2-13-30-29(12-1)24-25-33-31-14-3-4-15-32(31)43(28-42(30)33)47-37-19-7-5-17-35(37)46(36-18-6-8-20-38(36)47)41-27-26-40-34-16-9-10-22-44(34)49-45-23-11-21-39(41)48(40)45/h1-28H. The number of benzene rings is 10. The van der Waals surface area contributed by atoms with Crippen LogP contribution < -0.4 is 4.74 Å². The first-order chi connectivity index (χ1) is 24.3. The van der Waals surface area contributed by atoms with E-state index >= 15 is 0 Å². The molecule has 0 amide bonds. The highest BCUT2D eigenvalue weighted by molar-refractivity contribution is 6.29. The monoisotopic (exact) mass is 620 g/mol. The lowest BCUT2D eigenvalue weighted by molar-refractivity contribution is 0.487. The number of hydrogen-bond donors (Lipinski definition) is 0. The van der Waals surface area contributed by atoms with Gasteiger partial charge in [0, 0.05) is 10.9 Å². The van der Waals surface area contributed by atoms with E-state index < -0.39 is 0 Å². The molecule has 0 saturated carbocycles. The quantitative estimate of drug-likeness (QED) is 0.138. The molecule has 0 aromatic heterocycles. The van der Waals surface area contributed by atoms with Crippen LogP contribution in [0.1, 0.15) is 0 Å². The fourth-order valence-corrected chi connectivity index (χ4v) is 8.57. The maximum absolute atomic E-state index is 6.50. The Kier molecular flexibility index (Phi) is 5.45. The second kappa shape index (κ2) is 10.0. The van der Waals surface area contributed by atoms with Crippen molar-refractivity contribution < 1.29 is 4.74 Å². The first-order valence-electron chi connectivity index (χ1n) is 16.9. The van der Waals surface area contributed by atoms with Crippen molar-refractivity contribution in [3.63, 3.8) is 0 Å². The molecule has 0 aliphatic carbocycles. The second-order valence-corrected chi connectivity index (χ2v) is 13.1. The minimum Gasteiger partial charge on any atom is -0.456 e. The van der Waals surface area contributed by atoms with E-state index in [4.69, 9.17) is 4.74 Å². The van der Waals surface area contributed by atoms with Crippen molar-refractivity contribution in [2.24, 2.45) is 0 Å². The van der Waals surface area contributed by atoms with Crippen LogP contribution in [0.4, 0.5) is 0 Å². The van der Waals surface area contributed by atoms with Gasteiger partial charge in [-0.05, 0) is 105 Å². The van der Waals surface area contributed by atoms with Crippen molar-refractivity contribution >= 4 is 64.6 Å². The van der Waals surface area contributed by atoms with Gasteiger partial charge in [-0.3, -0.25) is 0 Å². The second-order valence-electron chi connectivity index (χ2n) is 13.1. The maximum atomic E-state index is 6.50. The van der Waals surface area contributed by atoms with Crippen molar-refractivity contribution in [1.29, 1.82) is 0 Å². The van der Waals surface area contributed by atoms with Crippen molar-refractivity contribution in [3.05, 3.63) is 170 Å². The molecule has 1 aliphatic heterocycles. The lowest BCUT2D eigenvalue weighted by Gasteiger charge is -2.24. The highest BCUT2D eigenvalue weighted by Crippen LogP contribution is 2.52. The number of rotatable bonds is 2. The molecule has 0 saturated heterocycles. The summed E-state index contributed by atoms with van der Waals surface area (Å²) in [5.74, 6) is 1.82. The van der Waals surface area contributed by atoms with E-state index in [-0.39, 0.29) is 0 Å².